The van der Waals surface area contributed by atoms with Crippen molar-refractivity contribution in [1.82, 2.24) is 10.6 Å². The molecule has 5 nitrogen and oxygen atoms in total. The van der Waals surface area contributed by atoms with Crippen LogP contribution in [0.2, 0.25) is 0 Å². The van der Waals surface area contributed by atoms with Crippen molar-refractivity contribution in [3.8, 4) is 5.75 Å². The summed E-state index contributed by atoms with van der Waals surface area (Å²) in [5.74, 6) is 1.78. The predicted molar refractivity (Wildman–Crippen MR) is 114 cm³/mol. The maximum absolute atomic E-state index is 5.82. The average molecular weight is 461 g/mol. The van der Waals surface area contributed by atoms with E-state index in [1.54, 1.807) is 0 Å². The Bertz CT molecular complexity index is 558. The lowest BCUT2D eigenvalue weighted by Crippen LogP contribution is -2.45. The van der Waals surface area contributed by atoms with E-state index in [9.17, 15) is 0 Å². The van der Waals surface area contributed by atoms with Gasteiger partial charge in [-0.25, -0.2) is 4.99 Å². The smallest absolute Gasteiger partial charge is 0.191 e. The number of nitrogens with one attached hydrogen (secondary N) is 2. The van der Waals surface area contributed by atoms with Gasteiger partial charge in [0.2, 0.25) is 0 Å². The maximum Gasteiger partial charge on any atom is 0.191 e. The second kappa shape index (κ2) is 10.9. The topological polar surface area (TPSA) is 54.9 Å². The first-order valence-corrected chi connectivity index (χ1v) is 8.95. The van der Waals surface area contributed by atoms with E-state index in [0.29, 0.717) is 13.2 Å². The van der Waals surface area contributed by atoms with Crippen LogP contribution < -0.4 is 15.4 Å². The lowest BCUT2D eigenvalue weighted by molar-refractivity contribution is 0.0243. The molecule has 0 radical (unpaired) electrons. The number of aliphatic imine (C=N–C) groups is 1. The van der Waals surface area contributed by atoms with E-state index >= 15 is 0 Å². The largest absolute Gasteiger partial charge is 0.494 e. The molecule has 25 heavy (non-hydrogen) atoms. The van der Waals surface area contributed by atoms with Crippen molar-refractivity contribution in [3.05, 3.63) is 29.3 Å². The second-order valence-electron chi connectivity index (χ2n) is 6.48. The number of hydrogen-bond donors (Lipinski definition) is 2. The fourth-order valence-corrected chi connectivity index (χ4v) is 2.89. The fourth-order valence-electron chi connectivity index (χ4n) is 2.89. The van der Waals surface area contributed by atoms with Gasteiger partial charge in [-0.1, -0.05) is 12.1 Å². The van der Waals surface area contributed by atoms with Crippen LogP contribution in [-0.4, -0.2) is 37.9 Å². The first-order valence-electron chi connectivity index (χ1n) is 8.95. The quantitative estimate of drug-likeness (QED) is 0.370. The monoisotopic (exact) mass is 461 g/mol. The van der Waals surface area contributed by atoms with E-state index < -0.39 is 0 Å². The summed E-state index contributed by atoms with van der Waals surface area (Å²) in [6.07, 6.45) is 2.23. The fraction of sp³-hybridized carbons (Fsp3) is 0.632. The van der Waals surface area contributed by atoms with Crippen LogP contribution in [0, 0.1) is 6.92 Å². The SMILES string of the molecule is CCNC(=NCc1ccc(OCC)c(C)c1)NCC1(C)CCCO1.I. The minimum Gasteiger partial charge on any atom is -0.494 e. The maximum atomic E-state index is 5.82. The Labute approximate surface area is 169 Å². The minimum absolute atomic E-state index is 0. The highest BCUT2D eigenvalue weighted by atomic mass is 127. The number of benzene rings is 1. The van der Waals surface area contributed by atoms with Gasteiger partial charge >= 0.3 is 0 Å². The molecule has 0 bridgehead atoms. The van der Waals surface area contributed by atoms with Gasteiger partial charge < -0.3 is 20.1 Å². The molecule has 2 rings (SSSR count). The number of nitrogens with zero attached hydrogens (tertiary/aromatic N) is 1. The van der Waals surface area contributed by atoms with Gasteiger partial charge in [-0.05, 0) is 57.7 Å². The number of guanidine groups is 1. The van der Waals surface area contributed by atoms with Gasteiger partial charge in [-0.15, -0.1) is 24.0 Å². The number of hydrogen-bond acceptors (Lipinski definition) is 3. The van der Waals surface area contributed by atoms with E-state index in [2.05, 4.69) is 43.5 Å². The number of rotatable bonds is 7. The van der Waals surface area contributed by atoms with Crippen LogP contribution in [-0.2, 0) is 11.3 Å². The molecule has 6 heteroatoms. The van der Waals surface area contributed by atoms with E-state index in [4.69, 9.17) is 14.5 Å². The summed E-state index contributed by atoms with van der Waals surface area (Å²) in [4.78, 5) is 4.69. The van der Waals surface area contributed by atoms with Gasteiger partial charge in [0.25, 0.3) is 0 Å². The normalized spacial score (nSPS) is 20.1. The summed E-state index contributed by atoms with van der Waals surface area (Å²) >= 11 is 0. The van der Waals surface area contributed by atoms with Crippen molar-refractivity contribution in [2.24, 2.45) is 4.99 Å². The van der Waals surface area contributed by atoms with Crippen molar-refractivity contribution in [2.75, 3.05) is 26.3 Å². The highest BCUT2D eigenvalue weighted by Crippen LogP contribution is 2.24. The molecule has 0 aliphatic carbocycles. The Morgan fingerprint density at radius 1 is 1.32 bits per heavy atom. The van der Waals surface area contributed by atoms with Gasteiger partial charge in [0.05, 0.1) is 18.8 Å². The van der Waals surface area contributed by atoms with Gasteiger partial charge in [-0.3, -0.25) is 0 Å². The van der Waals surface area contributed by atoms with Crippen molar-refractivity contribution >= 4 is 29.9 Å². The summed E-state index contributed by atoms with van der Waals surface area (Å²) in [7, 11) is 0. The third-order valence-electron chi connectivity index (χ3n) is 4.23. The molecule has 0 amide bonds. The van der Waals surface area contributed by atoms with Gasteiger partial charge in [0.1, 0.15) is 5.75 Å². The van der Waals surface area contributed by atoms with E-state index in [-0.39, 0.29) is 29.6 Å². The Hall–Kier alpha value is -1.02. The van der Waals surface area contributed by atoms with Crippen LogP contribution in [0.3, 0.4) is 0 Å². The first kappa shape index (κ1) is 22.0. The molecule has 0 saturated carbocycles. The number of ether oxygens (including phenoxy) is 2. The molecule has 142 valence electrons. The Balaban J connectivity index is 0.00000312. The zero-order valence-corrected chi connectivity index (χ0v) is 18.2. The van der Waals surface area contributed by atoms with Gasteiger partial charge in [0, 0.05) is 19.7 Å². The van der Waals surface area contributed by atoms with Crippen LogP contribution in [0.15, 0.2) is 23.2 Å². The number of halogens is 1. The highest BCUT2D eigenvalue weighted by molar-refractivity contribution is 14.0. The van der Waals surface area contributed by atoms with Crippen LogP contribution >= 0.6 is 24.0 Å². The van der Waals surface area contributed by atoms with Gasteiger partial charge in [0.15, 0.2) is 5.96 Å². The van der Waals surface area contributed by atoms with Crippen molar-refractivity contribution < 1.29 is 9.47 Å². The zero-order valence-electron chi connectivity index (χ0n) is 15.9. The molecule has 1 unspecified atom stereocenters. The molecule has 1 atom stereocenters. The molecule has 1 aromatic rings. The molecule has 1 aliphatic rings. The summed E-state index contributed by atoms with van der Waals surface area (Å²) in [5.41, 5.74) is 2.25. The molecule has 1 aromatic carbocycles. The lowest BCUT2D eigenvalue weighted by atomic mass is 10.0. The molecule has 0 aromatic heterocycles. The van der Waals surface area contributed by atoms with E-state index in [0.717, 1.165) is 49.8 Å². The molecule has 1 saturated heterocycles. The van der Waals surface area contributed by atoms with Crippen molar-refractivity contribution in [2.45, 2.75) is 52.7 Å². The summed E-state index contributed by atoms with van der Waals surface area (Å²) in [6.45, 7) is 12.1. The molecule has 0 spiro atoms. The number of aryl methyl sites for hydroxylation is 1. The Morgan fingerprint density at radius 3 is 2.72 bits per heavy atom. The average Bonchev–Trinajstić information content (AvgIpc) is 3.00. The minimum atomic E-state index is -0.0775. The highest BCUT2D eigenvalue weighted by Gasteiger charge is 2.29. The van der Waals surface area contributed by atoms with Crippen LogP contribution in [0.4, 0.5) is 0 Å². The van der Waals surface area contributed by atoms with E-state index in [1.165, 1.54) is 5.56 Å². The third kappa shape index (κ3) is 7.01. The van der Waals surface area contributed by atoms with E-state index in [1.807, 2.05) is 13.0 Å². The predicted octanol–water partition coefficient (Wildman–Crippen LogP) is 3.64. The van der Waals surface area contributed by atoms with Crippen LogP contribution in [0.1, 0.15) is 44.7 Å². The van der Waals surface area contributed by atoms with Gasteiger partial charge in [-0.2, -0.15) is 0 Å². The summed E-state index contributed by atoms with van der Waals surface area (Å²) < 4.78 is 11.4. The third-order valence-corrected chi connectivity index (χ3v) is 4.23. The standard InChI is InChI=1S/C19H31N3O2.HI/c1-5-20-18(22-14-19(4)10-7-11-24-19)21-13-16-8-9-17(23-6-2)15(3)12-16;/h8-9,12H,5-7,10-11,13-14H2,1-4H3,(H2,20,21,22);1H. The van der Waals surface area contributed by atoms with Crippen LogP contribution in [0.5, 0.6) is 5.75 Å². The molecule has 1 heterocycles. The Kier molecular flexibility index (Phi) is 9.56. The lowest BCUT2D eigenvalue weighted by Gasteiger charge is -2.24. The molecule has 1 aliphatic heterocycles. The zero-order chi connectivity index (χ0) is 17.4. The molecular formula is C19H32IN3O2. The van der Waals surface area contributed by atoms with Crippen molar-refractivity contribution in [1.29, 1.82) is 0 Å². The Morgan fingerprint density at radius 2 is 2.12 bits per heavy atom. The second-order valence-corrected chi connectivity index (χ2v) is 6.48. The summed E-state index contributed by atoms with van der Waals surface area (Å²) in [5, 5.41) is 6.71. The molecular weight excluding hydrogens is 429 g/mol. The molecule has 2 N–H and O–H groups in total. The summed E-state index contributed by atoms with van der Waals surface area (Å²) in [6, 6.07) is 6.24. The first-order chi connectivity index (χ1) is 11.6. The van der Waals surface area contributed by atoms with Crippen molar-refractivity contribution in [3.63, 3.8) is 0 Å². The molecule has 1 fully saturated rings. The van der Waals surface area contributed by atoms with Crippen LogP contribution in [0.25, 0.3) is 0 Å².